The predicted molar refractivity (Wildman–Crippen MR) is 121 cm³/mol. The first kappa shape index (κ1) is 21.3. The number of nitriles is 1. The van der Waals surface area contributed by atoms with Gasteiger partial charge < -0.3 is 14.7 Å². The highest BCUT2D eigenvalue weighted by atomic mass is 16.5. The number of aliphatic carboxylic acids is 1. The standard InChI is InChI=1S/C25H24N4O3/c26-16-19-4-6-20(7-5-19)23-9-8-22(32-18-25(30)31)15-21(23)17-28-11-13-29(14-12-28)24-3-1-2-10-27-24/h1-10,15H,11-14,17-18H2,(H,30,31). The van der Waals surface area contributed by atoms with Crippen molar-refractivity contribution in [1.82, 2.24) is 9.88 Å². The third kappa shape index (κ3) is 5.23. The molecular weight excluding hydrogens is 404 g/mol. The molecule has 2 aromatic carbocycles. The van der Waals surface area contributed by atoms with Gasteiger partial charge in [-0.1, -0.05) is 24.3 Å². The van der Waals surface area contributed by atoms with Crippen molar-refractivity contribution in [1.29, 1.82) is 5.26 Å². The van der Waals surface area contributed by atoms with Gasteiger partial charge in [0.05, 0.1) is 11.6 Å². The van der Waals surface area contributed by atoms with E-state index in [0.29, 0.717) is 11.3 Å². The van der Waals surface area contributed by atoms with Gasteiger partial charge in [0.1, 0.15) is 11.6 Å². The Morgan fingerprint density at radius 3 is 2.50 bits per heavy atom. The second-order valence-corrected chi connectivity index (χ2v) is 7.64. The molecule has 0 unspecified atom stereocenters. The third-order valence-corrected chi connectivity index (χ3v) is 5.50. The molecule has 3 aromatic rings. The van der Waals surface area contributed by atoms with Gasteiger partial charge in [-0.15, -0.1) is 0 Å². The SMILES string of the molecule is N#Cc1ccc(-c2ccc(OCC(=O)O)cc2CN2CCN(c3ccccn3)CC2)cc1. The molecule has 7 heteroatoms. The molecule has 1 aliphatic heterocycles. The number of carboxylic acids is 1. The molecule has 32 heavy (non-hydrogen) atoms. The number of benzene rings is 2. The van der Waals surface area contributed by atoms with Crippen molar-refractivity contribution in [2.75, 3.05) is 37.7 Å². The number of carboxylic acid groups (broad SMARTS) is 1. The lowest BCUT2D eigenvalue weighted by Crippen LogP contribution is -2.46. The van der Waals surface area contributed by atoms with E-state index < -0.39 is 5.97 Å². The number of carbonyl (C=O) groups is 1. The molecule has 162 valence electrons. The van der Waals surface area contributed by atoms with Crippen LogP contribution in [0.1, 0.15) is 11.1 Å². The van der Waals surface area contributed by atoms with E-state index in [9.17, 15) is 4.79 Å². The van der Waals surface area contributed by atoms with Gasteiger partial charge >= 0.3 is 5.97 Å². The van der Waals surface area contributed by atoms with Crippen LogP contribution in [0.5, 0.6) is 5.75 Å². The largest absolute Gasteiger partial charge is 0.482 e. The number of aromatic nitrogens is 1. The van der Waals surface area contributed by atoms with Crippen LogP contribution in [0.15, 0.2) is 66.9 Å². The Labute approximate surface area is 187 Å². The second-order valence-electron chi connectivity index (χ2n) is 7.64. The lowest BCUT2D eigenvalue weighted by atomic mass is 9.98. The Hall–Kier alpha value is -3.89. The summed E-state index contributed by atoms with van der Waals surface area (Å²) in [7, 11) is 0. The van der Waals surface area contributed by atoms with E-state index in [-0.39, 0.29) is 6.61 Å². The van der Waals surface area contributed by atoms with Gasteiger partial charge in [-0.2, -0.15) is 5.26 Å². The zero-order valence-electron chi connectivity index (χ0n) is 17.6. The monoisotopic (exact) mass is 428 g/mol. The summed E-state index contributed by atoms with van der Waals surface area (Å²) in [5.41, 5.74) is 3.73. The molecule has 0 radical (unpaired) electrons. The zero-order chi connectivity index (χ0) is 22.3. The first-order valence-electron chi connectivity index (χ1n) is 10.5. The summed E-state index contributed by atoms with van der Waals surface area (Å²) in [6.45, 7) is 3.90. The first-order chi connectivity index (χ1) is 15.6. The average molecular weight is 428 g/mol. The van der Waals surface area contributed by atoms with Crippen LogP contribution in [0, 0.1) is 11.3 Å². The van der Waals surface area contributed by atoms with Crippen LogP contribution >= 0.6 is 0 Å². The van der Waals surface area contributed by atoms with Crippen molar-refractivity contribution in [3.05, 3.63) is 78.0 Å². The maximum atomic E-state index is 10.9. The Kier molecular flexibility index (Phi) is 6.63. The molecule has 1 saturated heterocycles. The first-order valence-corrected chi connectivity index (χ1v) is 10.5. The van der Waals surface area contributed by atoms with Crippen LogP contribution in [0.3, 0.4) is 0 Å². The van der Waals surface area contributed by atoms with E-state index in [1.807, 2.05) is 48.7 Å². The normalized spacial score (nSPS) is 14.0. The lowest BCUT2D eigenvalue weighted by Gasteiger charge is -2.35. The van der Waals surface area contributed by atoms with E-state index in [2.05, 4.69) is 20.9 Å². The van der Waals surface area contributed by atoms with Crippen molar-refractivity contribution in [2.24, 2.45) is 0 Å². The average Bonchev–Trinajstić information content (AvgIpc) is 2.84. The smallest absolute Gasteiger partial charge is 0.341 e. The topological polar surface area (TPSA) is 89.7 Å². The van der Waals surface area contributed by atoms with Gasteiger partial charge in [0, 0.05) is 38.9 Å². The minimum atomic E-state index is -1.01. The number of hydrogen-bond donors (Lipinski definition) is 1. The molecule has 0 atom stereocenters. The fourth-order valence-electron chi connectivity index (χ4n) is 3.86. The summed E-state index contributed by atoms with van der Waals surface area (Å²) in [5.74, 6) is 0.523. The highest BCUT2D eigenvalue weighted by molar-refractivity contribution is 5.70. The molecular formula is C25H24N4O3. The summed E-state index contributed by atoms with van der Waals surface area (Å²) in [4.78, 5) is 20.0. The zero-order valence-corrected chi connectivity index (χ0v) is 17.6. The van der Waals surface area contributed by atoms with Crippen LogP contribution in [-0.2, 0) is 11.3 Å². The summed E-state index contributed by atoms with van der Waals surface area (Å²) in [6, 6.07) is 21.3. The Morgan fingerprint density at radius 1 is 1.06 bits per heavy atom. The lowest BCUT2D eigenvalue weighted by molar-refractivity contribution is -0.139. The molecule has 1 fully saturated rings. The molecule has 0 bridgehead atoms. The summed E-state index contributed by atoms with van der Waals surface area (Å²) in [6.07, 6.45) is 1.81. The van der Waals surface area contributed by atoms with Crippen LogP contribution in [0.25, 0.3) is 11.1 Å². The minimum absolute atomic E-state index is 0.377. The van der Waals surface area contributed by atoms with Gasteiger partial charge in [-0.3, -0.25) is 4.90 Å². The van der Waals surface area contributed by atoms with Gasteiger partial charge in [-0.25, -0.2) is 9.78 Å². The Balaban J connectivity index is 1.53. The molecule has 1 aliphatic rings. The molecule has 0 amide bonds. The minimum Gasteiger partial charge on any atom is -0.482 e. The van der Waals surface area contributed by atoms with E-state index >= 15 is 0 Å². The van der Waals surface area contributed by atoms with Crippen molar-refractivity contribution in [2.45, 2.75) is 6.54 Å². The van der Waals surface area contributed by atoms with Crippen molar-refractivity contribution >= 4 is 11.8 Å². The van der Waals surface area contributed by atoms with Crippen molar-refractivity contribution < 1.29 is 14.6 Å². The quantitative estimate of drug-likeness (QED) is 0.617. The van der Waals surface area contributed by atoms with E-state index in [0.717, 1.165) is 55.2 Å². The number of hydrogen-bond acceptors (Lipinski definition) is 6. The fraction of sp³-hybridized carbons (Fsp3) is 0.240. The van der Waals surface area contributed by atoms with E-state index in [1.54, 1.807) is 18.2 Å². The number of nitrogens with zero attached hydrogens (tertiary/aromatic N) is 4. The third-order valence-electron chi connectivity index (χ3n) is 5.50. The van der Waals surface area contributed by atoms with Crippen LogP contribution in [0.4, 0.5) is 5.82 Å². The second kappa shape index (κ2) is 9.94. The van der Waals surface area contributed by atoms with Gasteiger partial charge in [0.15, 0.2) is 6.61 Å². The molecule has 4 rings (SSSR count). The fourth-order valence-corrected chi connectivity index (χ4v) is 3.86. The highest BCUT2D eigenvalue weighted by Gasteiger charge is 2.19. The Bertz CT molecular complexity index is 1100. The van der Waals surface area contributed by atoms with Gasteiger partial charge in [0.2, 0.25) is 0 Å². The molecule has 2 heterocycles. The maximum Gasteiger partial charge on any atom is 0.341 e. The molecule has 7 nitrogen and oxygen atoms in total. The molecule has 0 saturated carbocycles. The number of piperazine rings is 1. The summed E-state index contributed by atoms with van der Waals surface area (Å²) >= 11 is 0. The van der Waals surface area contributed by atoms with Crippen molar-refractivity contribution in [3.8, 4) is 22.9 Å². The molecule has 1 aromatic heterocycles. The van der Waals surface area contributed by atoms with Crippen molar-refractivity contribution in [3.63, 3.8) is 0 Å². The van der Waals surface area contributed by atoms with E-state index in [1.165, 1.54) is 0 Å². The highest BCUT2D eigenvalue weighted by Crippen LogP contribution is 2.29. The Morgan fingerprint density at radius 2 is 1.84 bits per heavy atom. The summed E-state index contributed by atoms with van der Waals surface area (Å²) in [5, 5.41) is 18.0. The van der Waals surface area contributed by atoms with Gasteiger partial charge in [-0.05, 0) is 53.1 Å². The van der Waals surface area contributed by atoms with Crippen LogP contribution in [0.2, 0.25) is 0 Å². The predicted octanol–water partition coefficient (Wildman–Crippen LogP) is 3.41. The molecule has 0 spiro atoms. The van der Waals surface area contributed by atoms with E-state index in [4.69, 9.17) is 15.1 Å². The number of ether oxygens (including phenoxy) is 1. The summed E-state index contributed by atoms with van der Waals surface area (Å²) < 4.78 is 5.42. The number of rotatable bonds is 7. The number of pyridine rings is 1. The van der Waals surface area contributed by atoms with Crippen LogP contribution < -0.4 is 9.64 Å². The molecule has 0 aliphatic carbocycles. The van der Waals surface area contributed by atoms with Crippen LogP contribution in [-0.4, -0.2) is 53.7 Å². The maximum absolute atomic E-state index is 10.9. The molecule has 1 N–H and O–H groups in total. The number of anilines is 1. The van der Waals surface area contributed by atoms with Gasteiger partial charge in [0.25, 0.3) is 0 Å².